The number of aryl methyl sites for hydroxylation is 1. The van der Waals surface area contributed by atoms with Gasteiger partial charge in [0.15, 0.2) is 0 Å². The van der Waals surface area contributed by atoms with Gasteiger partial charge in [0.25, 0.3) is 0 Å². The van der Waals surface area contributed by atoms with Gasteiger partial charge in [0.1, 0.15) is 17.4 Å². The lowest BCUT2D eigenvalue weighted by Crippen LogP contribution is -2.41. The summed E-state index contributed by atoms with van der Waals surface area (Å²) < 4.78 is 33.9. The predicted octanol–water partition coefficient (Wildman–Crippen LogP) is 5.45. The van der Waals surface area contributed by atoms with Crippen LogP contribution < -0.4 is 10.2 Å². The van der Waals surface area contributed by atoms with Gasteiger partial charge in [-0.15, -0.1) is 0 Å². The topological polar surface area (TPSA) is 45.5 Å². The lowest BCUT2D eigenvalue weighted by molar-refractivity contribution is 0.00578. The largest absolute Gasteiger partial charge is 0.496 e. The molecule has 4 aromatic rings. The molecule has 1 aliphatic heterocycles. The first-order chi connectivity index (χ1) is 16.1. The average molecular weight is 458 g/mol. The number of nitrogens with zero attached hydrogens (tertiary/aromatic N) is 2. The molecule has 1 aromatic heterocycles. The second-order valence-corrected chi connectivity index (χ2v) is 9.79. The second kappa shape index (κ2) is 7.96. The fraction of sp³-hybridized carbons (Fsp3) is 0.296. The molecule has 7 heteroatoms. The Balaban J connectivity index is 1.70. The van der Waals surface area contributed by atoms with E-state index in [0.29, 0.717) is 5.82 Å². The number of hydrogen-bond donors (Lipinski definition) is 0. The fourth-order valence-corrected chi connectivity index (χ4v) is 4.24. The third-order valence-corrected chi connectivity index (χ3v) is 6.89. The highest BCUT2D eigenvalue weighted by Crippen LogP contribution is 2.38. The Morgan fingerprint density at radius 3 is 2.24 bits per heavy atom. The van der Waals surface area contributed by atoms with Gasteiger partial charge in [-0.1, -0.05) is 12.1 Å². The van der Waals surface area contributed by atoms with E-state index in [1.54, 1.807) is 19.2 Å². The van der Waals surface area contributed by atoms with Crippen molar-refractivity contribution in [2.45, 2.75) is 45.8 Å². The maximum Gasteiger partial charge on any atom is 0.494 e. The van der Waals surface area contributed by atoms with Crippen LogP contribution in [0.1, 0.15) is 33.3 Å². The first-order valence-electron chi connectivity index (χ1n) is 11.4. The lowest BCUT2D eigenvalue weighted by atomic mass is 9.79. The molecular formula is C27H28BFN2O3. The summed E-state index contributed by atoms with van der Waals surface area (Å²) in [6.07, 6.45) is 0. The van der Waals surface area contributed by atoms with Crippen molar-refractivity contribution in [1.82, 2.24) is 9.55 Å². The van der Waals surface area contributed by atoms with Gasteiger partial charge in [0, 0.05) is 5.69 Å². The molecule has 0 bridgehead atoms. The van der Waals surface area contributed by atoms with E-state index < -0.39 is 18.3 Å². The maximum atomic E-state index is 13.7. The Morgan fingerprint density at radius 1 is 0.912 bits per heavy atom. The van der Waals surface area contributed by atoms with Gasteiger partial charge in [-0.05, 0) is 94.2 Å². The van der Waals surface area contributed by atoms with Gasteiger partial charge >= 0.3 is 7.12 Å². The molecule has 0 amide bonds. The molecule has 0 spiro atoms. The molecule has 0 unspecified atom stereocenters. The first kappa shape index (κ1) is 22.6. The zero-order chi connectivity index (χ0) is 24.3. The molecule has 5 rings (SSSR count). The Labute approximate surface area is 199 Å². The van der Waals surface area contributed by atoms with Crippen molar-refractivity contribution in [3.8, 4) is 22.8 Å². The summed E-state index contributed by atoms with van der Waals surface area (Å²) in [5.74, 6) is 1.15. The summed E-state index contributed by atoms with van der Waals surface area (Å²) in [7, 11) is 1.17. The number of ether oxygens (including phenoxy) is 1. The zero-order valence-corrected chi connectivity index (χ0v) is 20.3. The van der Waals surface area contributed by atoms with Crippen molar-refractivity contribution in [3.05, 3.63) is 72.0 Å². The molecule has 1 aliphatic rings. The normalized spacial score (nSPS) is 16.9. The van der Waals surface area contributed by atoms with E-state index in [-0.39, 0.29) is 5.82 Å². The molecule has 3 aromatic carbocycles. The molecule has 0 radical (unpaired) electrons. The van der Waals surface area contributed by atoms with Gasteiger partial charge in [0.05, 0.1) is 34.9 Å². The molecule has 0 saturated carbocycles. The number of benzene rings is 3. The van der Waals surface area contributed by atoms with Crippen LogP contribution >= 0.6 is 0 Å². The van der Waals surface area contributed by atoms with E-state index in [2.05, 4.69) is 0 Å². The monoisotopic (exact) mass is 458 g/mol. The van der Waals surface area contributed by atoms with Gasteiger partial charge in [-0.3, -0.25) is 4.57 Å². The Bertz CT molecular complexity index is 1360. The van der Waals surface area contributed by atoms with Crippen molar-refractivity contribution in [1.29, 1.82) is 0 Å². The molecule has 34 heavy (non-hydrogen) atoms. The minimum absolute atomic E-state index is 0.286. The first-order valence-corrected chi connectivity index (χ1v) is 11.4. The van der Waals surface area contributed by atoms with Crippen LogP contribution in [-0.2, 0) is 9.31 Å². The van der Waals surface area contributed by atoms with Crippen LogP contribution in [0.15, 0.2) is 60.7 Å². The summed E-state index contributed by atoms with van der Waals surface area (Å²) in [5.41, 5.74) is 4.47. The fourth-order valence-electron chi connectivity index (χ4n) is 4.24. The van der Waals surface area contributed by atoms with Crippen molar-refractivity contribution >= 4 is 23.6 Å². The van der Waals surface area contributed by atoms with E-state index in [1.807, 2.05) is 75.6 Å². The Kier molecular flexibility index (Phi) is 5.30. The highest BCUT2D eigenvalue weighted by Gasteiger charge is 2.51. The van der Waals surface area contributed by atoms with E-state index in [9.17, 15) is 4.39 Å². The third-order valence-electron chi connectivity index (χ3n) is 6.89. The van der Waals surface area contributed by atoms with E-state index in [1.165, 1.54) is 12.1 Å². The summed E-state index contributed by atoms with van der Waals surface area (Å²) in [5, 5.41) is 0. The quantitative estimate of drug-likeness (QED) is 0.382. The van der Waals surface area contributed by atoms with E-state index in [0.717, 1.165) is 39.1 Å². The van der Waals surface area contributed by atoms with Crippen LogP contribution in [0.25, 0.3) is 28.1 Å². The molecule has 2 heterocycles. The minimum atomic E-state index is -0.484. The van der Waals surface area contributed by atoms with Crippen LogP contribution in [0.5, 0.6) is 5.75 Å². The average Bonchev–Trinajstić information content (AvgIpc) is 3.27. The molecule has 1 saturated heterocycles. The predicted molar refractivity (Wildman–Crippen MR) is 133 cm³/mol. The van der Waals surface area contributed by atoms with Crippen molar-refractivity contribution in [3.63, 3.8) is 0 Å². The van der Waals surface area contributed by atoms with Crippen LogP contribution in [0.3, 0.4) is 0 Å². The van der Waals surface area contributed by atoms with Crippen molar-refractivity contribution in [2.75, 3.05) is 7.11 Å². The van der Waals surface area contributed by atoms with E-state index >= 15 is 0 Å². The number of imidazole rings is 1. The summed E-state index contributed by atoms with van der Waals surface area (Å²) >= 11 is 0. The van der Waals surface area contributed by atoms with E-state index in [4.69, 9.17) is 19.0 Å². The number of hydrogen-bond acceptors (Lipinski definition) is 4. The summed E-state index contributed by atoms with van der Waals surface area (Å²) in [4.78, 5) is 5.00. The van der Waals surface area contributed by atoms with Crippen LogP contribution in [0.4, 0.5) is 4.39 Å². The zero-order valence-electron chi connectivity index (χ0n) is 20.3. The van der Waals surface area contributed by atoms with Crippen LogP contribution in [0, 0.1) is 12.7 Å². The molecule has 0 aliphatic carbocycles. The molecule has 174 valence electrons. The van der Waals surface area contributed by atoms with Crippen LogP contribution in [-0.4, -0.2) is 35.0 Å². The number of aromatic nitrogens is 2. The second-order valence-electron chi connectivity index (χ2n) is 9.79. The molecule has 0 atom stereocenters. The standard InChI is InChI=1S/C27H28BFN2O3/c1-17-7-13-21(24(15-17)32-6)25-30-22-16-18(28-33-26(2,3)27(4,5)34-28)8-14-23(22)31(25)20-11-9-19(29)10-12-20/h7-16H,1-6H3. The number of fused-ring (bicyclic) bond motifs is 1. The van der Waals surface area contributed by atoms with Crippen LogP contribution in [0.2, 0.25) is 0 Å². The van der Waals surface area contributed by atoms with Gasteiger partial charge in [-0.2, -0.15) is 0 Å². The van der Waals surface area contributed by atoms with Gasteiger partial charge in [0.2, 0.25) is 0 Å². The smallest absolute Gasteiger partial charge is 0.494 e. The SMILES string of the molecule is COc1cc(C)ccc1-c1nc2cc(B3OC(C)(C)C(C)(C)O3)ccc2n1-c1ccc(F)cc1. The number of halogens is 1. The van der Waals surface area contributed by atoms with Gasteiger partial charge in [-0.25, -0.2) is 9.37 Å². The van der Waals surface area contributed by atoms with Crippen molar-refractivity contribution < 1.29 is 18.4 Å². The highest BCUT2D eigenvalue weighted by atomic mass is 19.1. The molecule has 0 N–H and O–H groups in total. The Morgan fingerprint density at radius 2 is 1.59 bits per heavy atom. The molecule has 5 nitrogen and oxygen atoms in total. The van der Waals surface area contributed by atoms with Crippen molar-refractivity contribution in [2.24, 2.45) is 0 Å². The molecular weight excluding hydrogens is 430 g/mol. The molecule has 1 fully saturated rings. The number of rotatable bonds is 4. The summed E-state index contributed by atoms with van der Waals surface area (Å²) in [6.45, 7) is 10.2. The van der Waals surface area contributed by atoms with Gasteiger partial charge < -0.3 is 14.0 Å². The Hall–Kier alpha value is -3.16. The number of methoxy groups -OCH3 is 1. The third kappa shape index (κ3) is 3.69. The summed E-state index contributed by atoms with van der Waals surface area (Å²) in [6, 6.07) is 18.4. The maximum absolute atomic E-state index is 13.7. The lowest BCUT2D eigenvalue weighted by Gasteiger charge is -2.32. The highest BCUT2D eigenvalue weighted by molar-refractivity contribution is 6.62. The minimum Gasteiger partial charge on any atom is -0.496 e.